The third-order valence-corrected chi connectivity index (χ3v) is 3.07. The molecule has 0 saturated carbocycles. The van der Waals surface area contributed by atoms with Crippen LogP contribution >= 0.6 is 15.9 Å². The van der Waals surface area contributed by atoms with Crippen LogP contribution in [0.2, 0.25) is 0 Å². The van der Waals surface area contributed by atoms with Crippen molar-refractivity contribution in [1.29, 1.82) is 0 Å². The van der Waals surface area contributed by atoms with Crippen LogP contribution < -0.4 is 5.32 Å². The molecule has 0 spiro atoms. The third kappa shape index (κ3) is 3.77. The summed E-state index contributed by atoms with van der Waals surface area (Å²) in [4.78, 5) is 20.9. The Morgan fingerprint density at radius 2 is 2.24 bits per heavy atom. The number of carbonyl (C=O) groups excluding carboxylic acids is 1. The molecule has 0 saturated heterocycles. The molecule has 0 aromatic heterocycles. The minimum atomic E-state index is -0.767. The fraction of sp³-hybridized carbons (Fsp3) is 0.300. The van der Waals surface area contributed by atoms with E-state index >= 15 is 0 Å². The first-order chi connectivity index (χ1) is 7.93. The van der Waals surface area contributed by atoms with E-state index in [0.29, 0.717) is 6.42 Å². The second-order valence-corrected chi connectivity index (χ2v) is 4.43. The van der Waals surface area contributed by atoms with Crippen LogP contribution in [0.25, 0.3) is 0 Å². The molecule has 7 heteroatoms. The Bertz CT molecular complexity index is 453. The maximum atomic E-state index is 13.1. The monoisotopic (exact) mass is 304 g/mol. The number of hydrogen-bond acceptors (Lipinski definition) is 3. The number of carbonyl (C=O) groups is 1. The molecule has 1 N–H and O–H groups in total. The third-order valence-electron chi connectivity index (χ3n) is 2.00. The summed E-state index contributed by atoms with van der Waals surface area (Å²) in [5, 5.41) is 12.9. The zero-order valence-electron chi connectivity index (χ0n) is 8.94. The lowest BCUT2D eigenvalue weighted by molar-refractivity contribution is -0.385. The van der Waals surface area contributed by atoms with Crippen molar-refractivity contribution in [3.05, 3.63) is 34.1 Å². The fourth-order valence-corrected chi connectivity index (χ4v) is 1.27. The molecule has 1 aromatic carbocycles. The Morgan fingerprint density at radius 3 is 2.76 bits per heavy atom. The number of halogens is 2. The number of nitro benzene ring substituents is 1. The van der Waals surface area contributed by atoms with Crippen molar-refractivity contribution in [3.8, 4) is 0 Å². The predicted molar refractivity (Wildman–Crippen MR) is 64.7 cm³/mol. The largest absolute Gasteiger partial charge is 0.325 e. The smallest absolute Gasteiger partial charge is 0.274 e. The van der Waals surface area contributed by atoms with Gasteiger partial charge < -0.3 is 5.32 Å². The number of hydrogen-bond donors (Lipinski definition) is 1. The highest BCUT2D eigenvalue weighted by atomic mass is 79.9. The second kappa shape index (κ2) is 5.72. The molecule has 0 radical (unpaired) electrons. The molecule has 0 aliphatic rings. The summed E-state index contributed by atoms with van der Waals surface area (Å²) in [6.07, 6.45) is 0.559. The molecule has 0 fully saturated rings. The van der Waals surface area contributed by atoms with Gasteiger partial charge in [-0.15, -0.1) is 0 Å². The lowest BCUT2D eigenvalue weighted by Gasteiger charge is -2.08. The lowest BCUT2D eigenvalue weighted by atomic mass is 10.2. The topological polar surface area (TPSA) is 72.2 Å². The van der Waals surface area contributed by atoms with E-state index in [4.69, 9.17) is 0 Å². The summed E-state index contributed by atoms with van der Waals surface area (Å²) in [7, 11) is 0. The highest BCUT2D eigenvalue weighted by Crippen LogP contribution is 2.20. The Balaban J connectivity index is 2.92. The lowest BCUT2D eigenvalue weighted by Crippen LogP contribution is -2.22. The van der Waals surface area contributed by atoms with Crippen LogP contribution in [0.4, 0.5) is 15.8 Å². The average molecular weight is 305 g/mol. The maximum absolute atomic E-state index is 13.1. The van der Waals surface area contributed by atoms with E-state index < -0.39 is 21.3 Å². The van der Waals surface area contributed by atoms with Gasteiger partial charge in [-0.3, -0.25) is 14.9 Å². The van der Waals surface area contributed by atoms with Crippen molar-refractivity contribution in [2.45, 2.75) is 18.2 Å². The standard InChI is InChI=1S/C10H10BrFN2O3/c1-2-9(11)10(15)13-7-3-6(12)4-8(5-7)14(16)17/h3-5,9H,2H2,1H3,(H,13,15). The van der Waals surface area contributed by atoms with Gasteiger partial charge in [-0.25, -0.2) is 4.39 Å². The van der Waals surface area contributed by atoms with Crippen LogP contribution in [0.5, 0.6) is 0 Å². The summed E-state index contributed by atoms with van der Waals surface area (Å²) in [6, 6.07) is 2.93. The van der Waals surface area contributed by atoms with Crippen LogP contribution in [0, 0.1) is 15.9 Å². The van der Waals surface area contributed by atoms with Gasteiger partial charge in [-0.05, 0) is 12.5 Å². The zero-order valence-corrected chi connectivity index (χ0v) is 10.5. The zero-order chi connectivity index (χ0) is 13.0. The molecule has 0 aliphatic heterocycles. The quantitative estimate of drug-likeness (QED) is 0.528. The average Bonchev–Trinajstić information content (AvgIpc) is 2.26. The van der Waals surface area contributed by atoms with Gasteiger partial charge in [0.2, 0.25) is 5.91 Å². The van der Waals surface area contributed by atoms with Crippen molar-refractivity contribution >= 4 is 33.2 Å². The molecule has 5 nitrogen and oxygen atoms in total. The first-order valence-corrected chi connectivity index (χ1v) is 5.75. The predicted octanol–water partition coefficient (Wildman–Crippen LogP) is 2.85. The van der Waals surface area contributed by atoms with Crippen LogP contribution in [0.3, 0.4) is 0 Å². The van der Waals surface area contributed by atoms with Crippen molar-refractivity contribution in [3.63, 3.8) is 0 Å². The van der Waals surface area contributed by atoms with Crippen molar-refractivity contribution in [2.75, 3.05) is 5.32 Å². The number of rotatable bonds is 4. The highest BCUT2D eigenvalue weighted by molar-refractivity contribution is 9.10. The number of nitro groups is 1. The van der Waals surface area contributed by atoms with Gasteiger partial charge in [-0.2, -0.15) is 0 Å². The molecule has 1 atom stereocenters. The van der Waals surface area contributed by atoms with E-state index in [1.165, 1.54) is 0 Å². The van der Waals surface area contributed by atoms with Crippen LogP contribution in [-0.2, 0) is 4.79 Å². The molecule has 1 unspecified atom stereocenters. The molecule has 0 heterocycles. The van der Waals surface area contributed by atoms with Gasteiger partial charge in [0.15, 0.2) is 0 Å². The van der Waals surface area contributed by atoms with Crippen molar-refractivity contribution < 1.29 is 14.1 Å². The molecular weight excluding hydrogens is 295 g/mol. The van der Waals surface area contributed by atoms with Crippen LogP contribution in [0.15, 0.2) is 18.2 Å². The molecule has 1 amide bonds. The molecule has 1 rings (SSSR count). The Kier molecular flexibility index (Phi) is 4.56. The highest BCUT2D eigenvalue weighted by Gasteiger charge is 2.15. The second-order valence-electron chi connectivity index (χ2n) is 3.32. The molecular formula is C10H10BrFN2O3. The molecule has 17 heavy (non-hydrogen) atoms. The summed E-state index contributed by atoms with van der Waals surface area (Å²) in [6.45, 7) is 1.80. The molecule has 0 aliphatic carbocycles. The maximum Gasteiger partial charge on any atom is 0.274 e. The van der Waals surface area contributed by atoms with Gasteiger partial charge in [0.05, 0.1) is 21.5 Å². The first-order valence-electron chi connectivity index (χ1n) is 4.84. The Hall–Kier alpha value is -1.50. The first kappa shape index (κ1) is 13.6. The number of amides is 1. The van der Waals surface area contributed by atoms with E-state index in [1.54, 1.807) is 6.92 Å². The van der Waals surface area contributed by atoms with Gasteiger partial charge >= 0.3 is 0 Å². The minimum Gasteiger partial charge on any atom is -0.325 e. The SMILES string of the molecule is CCC(Br)C(=O)Nc1cc(F)cc([N+](=O)[O-])c1. The molecule has 0 bridgehead atoms. The number of nitrogens with one attached hydrogen (secondary N) is 1. The van der Waals surface area contributed by atoms with E-state index in [2.05, 4.69) is 21.2 Å². The normalized spacial score (nSPS) is 11.9. The number of benzene rings is 1. The van der Waals surface area contributed by atoms with E-state index in [1.807, 2.05) is 0 Å². The van der Waals surface area contributed by atoms with Crippen molar-refractivity contribution in [1.82, 2.24) is 0 Å². The summed E-state index contributed by atoms with van der Waals surface area (Å²) >= 11 is 3.13. The summed E-state index contributed by atoms with van der Waals surface area (Å²) < 4.78 is 13.1. The number of alkyl halides is 1. The Morgan fingerprint density at radius 1 is 1.59 bits per heavy atom. The van der Waals surface area contributed by atoms with Gasteiger partial charge in [0.25, 0.3) is 5.69 Å². The van der Waals surface area contributed by atoms with Crippen LogP contribution in [0.1, 0.15) is 13.3 Å². The fourth-order valence-electron chi connectivity index (χ4n) is 1.16. The minimum absolute atomic E-state index is 0.0691. The van der Waals surface area contributed by atoms with Gasteiger partial charge in [0, 0.05) is 6.07 Å². The van der Waals surface area contributed by atoms with E-state index in [-0.39, 0.29) is 11.6 Å². The van der Waals surface area contributed by atoms with Crippen LogP contribution in [-0.4, -0.2) is 15.7 Å². The molecule has 92 valence electrons. The summed E-state index contributed by atoms with van der Waals surface area (Å²) in [5.74, 6) is -1.13. The number of anilines is 1. The van der Waals surface area contributed by atoms with Gasteiger partial charge in [0.1, 0.15) is 5.82 Å². The molecule has 1 aromatic rings. The summed E-state index contributed by atoms with van der Waals surface area (Å²) in [5.41, 5.74) is -0.331. The number of non-ortho nitro benzene ring substituents is 1. The number of nitrogens with zero attached hydrogens (tertiary/aromatic N) is 1. The van der Waals surface area contributed by atoms with Crippen molar-refractivity contribution in [2.24, 2.45) is 0 Å². The van der Waals surface area contributed by atoms with E-state index in [9.17, 15) is 19.3 Å². The Labute approximate surface area is 105 Å². The van der Waals surface area contributed by atoms with Gasteiger partial charge in [-0.1, -0.05) is 22.9 Å². The van der Waals surface area contributed by atoms with E-state index in [0.717, 1.165) is 18.2 Å².